The quantitative estimate of drug-likeness (QED) is 0.746. The summed E-state index contributed by atoms with van der Waals surface area (Å²) in [6, 6.07) is -0.0307. The van der Waals surface area contributed by atoms with E-state index in [4.69, 9.17) is 0 Å². The fourth-order valence-electron chi connectivity index (χ4n) is 1.06. The molecule has 0 atom stereocenters. The van der Waals surface area contributed by atoms with Crippen LogP contribution < -0.4 is 5.32 Å². The monoisotopic (exact) mass is 185 g/mol. The lowest BCUT2D eigenvalue weighted by molar-refractivity contribution is 0.0946. The van der Waals surface area contributed by atoms with Crippen LogP contribution in [0.3, 0.4) is 0 Å². The van der Waals surface area contributed by atoms with Gasteiger partial charge < -0.3 is 5.32 Å². The zero-order valence-corrected chi connectivity index (χ0v) is 7.84. The van der Waals surface area contributed by atoms with Crippen LogP contribution in [0.4, 0.5) is 4.39 Å². The van der Waals surface area contributed by atoms with Crippen LogP contribution in [-0.2, 0) is 0 Å². The summed E-state index contributed by atoms with van der Waals surface area (Å²) in [7, 11) is 1.46. The summed E-state index contributed by atoms with van der Waals surface area (Å²) in [5, 5.41) is 6.13. The second-order valence-corrected chi connectivity index (χ2v) is 2.96. The molecule has 5 heteroatoms. The average molecular weight is 185 g/mol. The maximum Gasteiger partial charge on any atom is 0.272 e. The van der Waals surface area contributed by atoms with Gasteiger partial charge in [-0.05, 0) is 13.8 Å². The molecule has 1 aromatic rings. The molecule has 0 aliphatic heterocycles. The van der Waals surface area contributed by atoms with Gasteiger partial charge in [0.25, 0.3) is 5.91 Å². The fraction of sp³-hybridized carbons (Fsp3) is 0.500. The smallest absolute Gasteiger partial charge is 0.272 e. The first kappa shape index (κ1) is 9.70. The van der Waals surface area contributed by atoms with E-state index in [9.17, 15) is 9.18 Å². The molecule has 1 heterocycles. The van der Waals surface area contributed by atoms with Crippen molar-refractivity contribution in [2.75, 3.05) is 7.05 Å². The van der Waals surface area contributed by atoms with Crippen LogP contribution in [0, 0.1) is 5.82 Å². The molecule has 0 aromatic carbocycles. The summed E-state index contributed by atoms with van der Waals surface area (Å²) >= 11 is 0. The van der Waals surface area contributed by atoms with Gasteiger partial charge in [-0.25, -0.2) is 4.39 Å². The molecule has 1 rings (SSSR count). The van der Waals surface area contributed by atoms with Gasteiger partial charge in [-0.1, -0.05) is 0 Å². The number of amides is 1. The Kier molecular flexibility index (Phi) is 2.65. The number of aromatic nitrogens is 2. The molecule has 0 saturated carbocycles. The Morgan fingerprint density at radius 1 is 1.69 bits per heavy atom. The maximum absolute atomic E-state index is 13.1. The molecule has 0 aliphatic rings. The van der Waals surface area contributed by atoms with Crippen molar-refractivity contribution < 1.29 is 9.18 Å². The van der Waals surface area contributed by atoms with Crippen LogP contribution in [0.5, 0.6) is 0 Å². The van der Waals surface area contributed by atoms with Crippen LogP contribution in [0.15, 0.2) is 6.20 Å². The third-order valence-corrected chi connectivity index (χ3v) is 1.68. The standard InChI is InChI=1S/C8H12FN3O/c1-5(2)12-7(8(13)10-3)6(9)4-11-12/h4-5H,1-3H3,(H,10,13). The minimum absolute atomic E-state index is 0.0162. The summed E-state index contributed by atoms with van der Waals surface area (Å²) < 4.78 is 14.4. The van der Waals surface area contributed by atoms with Crippen LogP contribution in [0.25, 0.3) is 0 Å². The largest absolute Gasteiger partial charge is 0.354 e. The molecule has 0 spiro atoms. The Balaban J connectivity index is 3.16. The van der Waals surface area contributed by atoms with E-state index in [-0.39, 0.29) is 11.7 Å². The lowest BCUT2D eigenvalue weighted by atomic mass is 10.3. The molecule has 4 nitrogen and oxygen atoms in total. The summed E-state index contributed by atoms with van der Waals surface area (Å²) in [6.07, 6.45) is 1.05. The summed E-state index contributed by atoms with van der Waals surface area (Å²) in [5.74, 6) is -1.04. The van der Waals surface area contributed by atoms with Gasteiger partial charge in [-0.3, -0.25) is 9.48 Å². The number of hydrogen-bond donors (Lipinski definition) is 1. The third-order valence-electron chi connectivity index (χ3n) is 1.68. The SMILES string of the molecule is CNC(=O)c1c(F)cnn1C(C)C. The van der Waals surface area contributed by atoms with Gasteiger partial charge in [-0.15, -0.1) is 0 Å². The van der Waals surface area contributed by atoms with E-state index in [2.05, 4.69) is 10.4 Å². The van der Waals surface area contributed by atoms with Crippen LogP contribution in [0.1, 0.15) is 30.4 Å². The number of rotatable bonds is 2. The second kappa shape index (κ2) is 3.55. The number of nitrogens with zero attached hydrogens (tertiary/aromatic N) is 2. The normalized spacial score (nSPS) is 10.5. The summed E-state index contributed by atoms with van der Waals surface area (Å²) in [5.41, 5.74) is -0.0162. The highest BCUT2D eigenvalue weighted by atomic mass is 19.1. The number of carbonyl (C=O) groups is 1. The number of carbonyl (C=O) groups excluding carboxylic acids is 1. The van der Waals surface area contributed by atoms with Crippen LogP contribution >= 0.6 is 0 Å². The molecule has 0 bridgehead atoms. The van der Waals surface area contributed by atoms with Gasteiger partial charge in [-0.2, -0.15) is 5.10 Å². The van der Waals surface area contributed by atoms with Crippen LogP contribution in [0.2, 0.25) is 0 Å². The van der Waals surface area contributed by atoms with Crippen molar-refractivity contribution >= 4 is 5.91 Å². The second-order valence-electron chi connectivity index (χ2n) is 2.96. The number of halogens is 1. The first-order valence-electron chi connectivity index (χ1n) is 4.03. The highest BCUT2D eigenvalue weighted by molar-refractivity contribution is 5.92. The minimum atomic E-state index is -0.590. The van der Waals surface area contributed by atoms with Crippen molar-refractivity contribution in [1.82, 2.24) is 15.1 Å². The Morgan fingerprint density at radius 3 is 2.77 bits per heavy atom. The van der Waals surface area contributed by atoms with Gasteiger partial charge in [0.15, 0.2) is 11.5 Å². The predicted molar refractivity (Wildman–Crippen MR) is 46.0 cm³/mol. The third kappa shape index (κ3) is 1.68. The zero-order chi connectivity index (χ0) is 10.0. The van der Waals surface area contributed by atoms with Gasteiger partial charge in [0.1, 0.15) is 0 Å². The van der Waals surface area contributed by atoms with E-state index in [0.717, 1.165) is 6.20 Å². The molecular weight excluding hydrogens is 173 g/mol. The van der Waals surface area contributed by atoms with Crippen molar-refractivity contribution in [3.8, 4) is 0 Å². The van der Waals surface area contributed by atoms with E-state index in [1.165, 1.54) is 11.7 Å². The molecule has 0 unspecified atom stereocenters. The number of hydrogen-bond acceptors (Lipinski definition) is 2. The molecule has 0 aliphatic carbocycles. The van der Waals surface area contributed by atoms with E-state index in [0.29, 0.717) is 0 Å². The van der Waals surface area contributed by atoms with Crippen molar-refractivity contribution in [2.24, 2.45) is 0 Å². The van der Waals surface area contributed by atoms with E-state index >= 15 is 0 Å². The Hall–Kier alpha value is -1.39. The molecular formula is C8H12FN3O. The lowest BCUT2D eigenvalue weighted by Crippen LogP contribution is -2.24. The molecule has 1 aromatic heterocycles. The molecule has 1 amide bonds. The van der Waals surface area contributed by atoms with Crippen molar-refractivity contribution in [1.29, 1.82) is 0 Å². The molecule has 0 fully saturated rings. The molecule has 13 heavy (non-hydrogen) atoms. The van der Waals surface area contributed by atoms with Gasteiger partial charge >= 0.3 is 0 Å². The Labute approximate surface area is 75.7 Å². The zero-order valence-electron chi connectivity index (χ0n) is 7.84. The molecule has 1 N–H and O–H groups in total. The van der Waals surface area contributed by atoms with Gasteiger partial charge in [0.2, 0.25) is 0 Å². The maximum atomic E-state index is 13.1. The average Bonchev–Trinajstić information content (AvgIpc) is 2.46. The van der Waals surface area contributed by atoms with Gasteiger partial charge in [0, 0.05) is 13.1 Å². The topological polar surface area (TPSA) is 46.9 Å². The lowest BCUT2D eigenvalue weighted by Gasteiger charge is -2.09. The van der Waals surface area contributed by atoms with E-state index < -0.39 is 11.7 Å². The fourth-order valence-corrected chi connectivity index (χ4v) is 1.06. The van der Waals surface area contributed by atoms with Crippen molar-refractivity contribution in [2.45, 2.75) is 19.9 Å². The first-order chi connectivity index (χ1) is 6.07. The molecule has 0 saturated heterocycles. The Morgan fingerprint density at radius 2 is 2.31 bits per heavy atom. The predicted octanol–water partition coefficient (Wildman–Crippen LogP) is 0.963. The minimum Gasteiger partial charge on any atom is -0.354 e. The summed E-state index contributed by atoms with van der Waals surface area (Å²) in [4.78, 5) is 11.2. The van der Waals surface area contributed by atoms with Crippen LogP contribution in [-0.4, -0.2) is 22.7 Å². The Bertz CT molecular complexity index is 319. The molecule has 0 radical (unpaired) electrons. The first-order valence-corrected chi connectivity index (χ1v) is 4.03. The van der Waals surface area contributed by atoms with E-state index in [1.54, 1.807) is 0 Å². The van der Waals surface area contributed by atoms with E-state index in [1.807, 2.05) is 13.8 Å². The number of nitrogens with one attached hydrogen (secondary N) is 1. The van der Waals surface area contributed by atoms with Gasteiger partial charge in [0.05, 0.1) is 6.20 Å². The highest BCUT2D eigenvalue weighted by Gasteiger charge is 2.18. The highest BCUT2D eigenvalue weighted by Crippen LogP contribution is 2.11. The molecule has 72 valence electrons. The summed E-state index contributed by atoms with van der Waals surface area (Å²) in [6.45, 7) is 3.66. The van der Waals surface area contributed by atoms with Crippen molar-refractivity contribution in [3.05, 3.63) is 17.7 Å². The van der Waals surface area contributed by atoms with Crippen molar-refractivity contribution in [3.63, 3.8) is 0 Å².